The molecule has 2 aromatic rings. The summed E-state index contributed by atoms with van der Waals surface area (Å²) >= 11 is 0. The van der Waals surface area contributed by atoms with Gasteiger partial charge in [0.15, 0.2) is 11.5 Å². The molecule has 132 valence electrons. The number of anilines is 1. The highest BCUT2D eigenvalue weighted by Gasteiger charge is 2.10. The summed E-state index contributed by atoms with van der Waals surface area (Å²) in [5.74, 6) is 0.910. The fourth-order valence-corrected chi connectivity index (χ4v) is 2.29. The molecular weight excluding hydrogens is 325 g/mol. The summed E-state index contributed by atoms with van der Waals surface area (Å²) in [5, 5.41) is 2.71. The Bertz CT molecular complexity index is 802. The molecule has 0 radical (unpaired) electrons. The zero-order chi connectivity index (χ0) is 18.4. The van der Waals surface area contributed by atoms with E-state index in [2.05, 4.69) is 5.32 Å². The van der Waals surface area contributed by atoms with Crippen LogP contribution in [0.3, 0.4) is 0 Å². The normalized spacial score (nSPS) is 10.6. The molecule has 0 aliphatic carbocycles. The van der Waals surface area contributed by atoms with Crippen LogP contribution in [0, 0.1) is 12.7 Å². The second-order valence-electron chi connectivity index (χ2n) is 5.23. The minimum Gasteiger partial charge on any atom is -0.496 e. The minimum atomic E-state index is -0.346. The van der Waals surface area contributed by atoms with Crippen LogP contribution >= 0.6 is 0 Å². The summed E-state index contributed by atoms with van der Waals surface area (Å²) < 4.78 is 28.9. The van der Waals surface area contributed by atoms with Crippen molar-refractivity contribution in [2.24, 2.45) is 0 Å². The van der Waals surface area contributed by atoms with Crippen LogP contribution in [0.2, 0.25) is 0 Å². The Labute approximate surface area is 146 Å². The molecule has 0 aliphatic heterocycles. The SMILES string of the molecule is COc1cc(OC)c(OC)cc1C=CC(=O)Nc1ccc(F)cc1C. The number of benzene rings is 2. The molecule has 2 aromatic carbocycles. The quantitative estimate of drug-likeness (QED) is 0.809. The Morgan fingerprint density at radius 3 is 2.24 bits per heavy atom. The lowest BCUT2D eigenvalue weighted by molar-refractivity contribution is -0.111. The number of methoxy groups -OCH3 is 3. The maximum absolute atomic E-state index is 13.1. The van der Waals surface area contributed by atoms with Crippen molar-refractivity contribution in [1.29, 1.82) is 0 Å². The van der Waals surface area contributed by atoms with E-state index in [-0.39, 0.29) is 11.7 Å². The van der Waals surface area contributed by atoms with E-state index in [1.54, 1.807) is 25.1 Å². The fraction of sp³-hybridized carbons (Fsp3) is 0.211. The van der Waals surface area contributed by atoms with Gasteiger partial charge in [-0.15, -0.1) is 0 Å². The van der Waals surface area contributed by atoms with Crippen LogP contribution in [0.15, 0.2) is 36.4 Å². The third-order valence-electron chi connectivity index (χ3n) is 3.60. The van der Waals surface area contributed by atoms with E-state index in [1.807, 2.05) is 0 Å². The number of amides is 1. The summed E-state index contributed by atoms with van der Waals surface area (Å²) in [7, 11) is 4.59. The molecule has 0 bridgehead atoms. The van der Waals surface area contributed by atoms with Gasteiger partial charge in [-0.1, -0.05) is 0 Å². The van der Waals surface area contributed by atoms with Crippen molar-refractivity contribution in [3.8, 4) is 17.2 Å². The number of carbonyl (C=O) groups is 1. The Morgan fingerprint density at radius 1 is 1.00 bits per heavy atom. The van der Waals surface area contributed by atoms with Gasteiger partial charge in [0.2, 0.25) is 5.91 Å². The fourth-order valence-electron chi connectivity index (χ4n) is 2.29. The van der Waals surface area contributed by atoms with Crippen molar-refractivity contribution in [2.75, 3.05) is 26.6 Å². The number of hydrogen-bond donors (Lipinski definition) is 1. The number of aryl methyl sites for hydroxylation is 1. The minimum absolute atomic E-state index is 0.341. The predicted molar refractivity (Wildman–Crippen MR) is 94.9 cm³/mol. The van der Waals surface area contributed by atoms with Crippen molar-refractivity contribution in [1.82, 2.24) is 0 Å². The molecule has 0 aromatic heterocycles. The Kier molecular flexibility index (Phi) is 6.00. The van der Waals surface area contributed by atoms with Gasteiger partial charge < -0.3 is 19.5 Å². The van der Waals surface area contributed by atoms with Crippen LogP contribution in [-0.4, -0.2) is 27.2 Å². The zero-order valence-electron chi connectivity index (χ0n) is 14.6. The molecule has 5 nitrogen and oxygen atoms in total. The van der Waals surface area contributed by atoms with Crippen molar-refractivity contribution < 1.29 is 23.4 Å². The van der Waals surface area contributed by atoms with Crippen LogP contribution < -0.4 is 19.5 Å². The molecule has 0 atom stereocenters. The van der Waals surface area contributed by atoms with Gasteiger partial charge in [0.25, 0.3) is 0 Å². The average molecular weight is 345 g/mol. The lowest BCUT2D eigenvalue weighted by atomic mass is 10.1. The predicted octanol–water partition coefficient (Wildman–Crippen LogP) is 3.81. The van der Waals surface area contributed by atoms with E-state index in [9.17, 15) is 9.18 Å². The van der Waals surface area contributed by atoms with Crippen molar-refractivity contribution in [3.05, 3.63) is 53.4 Å². The van der Waals surface area contributed by atoms with E-state index >= 15 is 0 Å². The Hall–Kier alpha value is -3.02. The first-order chi connectivity index (χ1) is 12.0. The lowest BCUT2D eigenvalue weighted by Gasteiger charge is -2.12. The van der Waals surface area contributed by atoms with Gasteiger partial charge in [-0.3, -0.25) is 4.79 Å². The summed E-state index contributed by atoms with van der Waals surface area (Å²) in [6.45, 7) is 1.72. The Balaban J connectivity index is 2.21. The second kappa shape index (κ2) is 8.19. The van der Waals surface area contributed by atoms with E-state index < -0.39 is 0 Å². The van der Waals surface area contributed by atoms with Crippen molar-refractivity contribution in [3.63, 3.8) is 0 Å². The first kappa shape index (κ1) is 18.3. The van der Waals surface area contributed by atoms with E-state index in [4.69, 9.17) is 14.2 Å². The summed E-state index contributed by atoms with van der Waals surface area (Å²) in [4.78, 5) is 12.1. The van der Waals surface area contributed by atoms with Crippen LogP contribution in [0.4, 0.5) is 10.1 Å². The molecular formula is C19H20FNO4. The molecule has 0 unspecified atom stereocenters. The molecule has 0 fully saturated rings. The lowest BCUT2D eigenvalue weighted by Crippen LogP contribution is -2.09. The largest absolute Gasteiger partial charge is 0.496 e. The monoisotopic (exact) mass is 345 g/mol. The second-order valence-corrected chi connectivity index (χ2v) is 5.23. The van der Waals surface area contributed by atoms with Gasteiger partial charge in [0.05, 0.1) is 21.3 Å². The summed E-state index contributed by atoms with van der Waals surface area (Å²) in [6.07, 6.45) is 2.97. The van der Waals surface area contributed by atoms with E-state index in [1.165, 1.54) is 45.6 Å². The first-order valence-electron chi connectivity index (χ1n) is 7.53. The first-order valence-corrected chi connectivity index (χ1v) is 7.53. The van der Waals surface area contributed by atoms with Crippen molar-refractivity contribution >= 4 is 17.7 Å². The highest BCUT2D eigenvalue weighted by Crippen LogP contribution is 2.35. The standard InChI is InChI=1S/C19H20FNO4/c1-12-9-14(20)6-7-15(12)21-19(22)8-5-13-10-17(24-3)18(25-4)11-16(13)23-2/h5-11H,1-4H3,(H,21,22). The number of nitrogens with one attached hydrogen (secondary N) is 1. The molecule has 0 heterocycles. The van der Waals surface area contributed by atoms with Gasteiger partial charge in [-0.2, -0.15) is 0 Å². The number of carbonyl (C=O) groups excluding carboxylic acids is 1. The third-order valence-corrected chi connectivity index (χ3v) is 3.60. The maximum atomic E-state index is 13.1. The molecule has 25 heavy (non-hydrogen) atoms. The maximum Gasteiger partial charge on any atom is 0.248 e. The Morgan fingerprint density at radius 2 is 1.64 bits per heavy atom. The number of ether oxygens (including phenoxy) is 3. The average Bonchev–Trinajstić information content (AvgIpc) is 2.61. The molecule has 2 rings (SSSR count). The third kappa shape index (κ3) is 4.50. The number of halogens is 1. The molecule has 1 amide bonds. The topological polar surface area (TPSA) is 56.8 Å². The summed E-state index contributed by atoms with van der Waals surface area (Å²) in [5.41, 5.74) is 1.85. The van der Waals surface area contributed by atoms with Gasteiger partial charge in [-0.25, -0.2) is 4.39 Å². The molecule has 0 aliphatic rings. The highest BCUT2D eigenvalue weighted by atomic mass is 19.1. The number of hydrogen-bond acceptors (Lipinski definition) is 4. The van der Waals surface area contributed by atoms with Crippen LogP contribution in [0.25, 0.3) is 6.08 Å². The number of rotatable bonds is 6. The van der Waals surface area contributed by atoms with Crippen molar-refractivity contribution in [2.45, 2.75) is 6.92 Å². The van der Waals surface area contributed by atoms with Gasteiger partial charge in [0.1, 0.15) is 11.6 Å². The molecule has 0 saturated heterocycles. The smallest absolute Gasteiger partial charge is 0.248 e. The molecule has 0 spiro atoms. The molecule has 6 heteroatoms. The van der Waals surface area contributed by atoms with E-state index in [0.29, 0.717) is 34.1 Å². The molecule has 1 N–H and O–H groups in total. The van der Waals surface area contributed by atoms with Crippen LogP contribution in [0.1, 0.15) is 11.1 Å². The van der Waals surface area contributed by atoms with Gasteiger partial charge in [0, 0.05) is 23.4 Å². The highest BCUT2D eigenvalue weighted by molar-refractivity contribution is 6.02. The van der Waals surface area contributed by atoms with E-state index in [0.717, 1.165) is 0 Å². The van der Waals surface area contributed by atoms with Crippen LogP contribution in [0.5, 0.6) is 17.2 Å². The zero-order valence-corrected chi connectivity index (χ0v) is 14.6. The van der Waals surface area contributed by atoms with Gasteiger partial charge >= 0.3 is 0 Å². The molecule has 0 saturated carbocycles. The van der Waals surface area contributed by atoms with Crippen LogP contribution in [-0.2, 0) is 4.79 Å². The summed E-state index contributed by atoms with van der Waals surface area (Å²) in [6, 6.07) is 7.57. The van der Waals surface area contributed by atoms with Gasteiger partial charge in [-0.05, 0) is 42.8 Å².